The Kier molecular flexibility index (Phi) is 7.51. The summed E-state index contributed by atoms with van der Waals surface area (Å²) >= 11 is 0. The van der Waals surface area contributed by atoms with Gasteiger partial charge in [0, 0.05) is 40.6 Å². The first kappa shape index (κ1) is 31.1. The number of rotatable bonds is 7. The van der Waals surface area contributed by atoms with Crippen LogP contribution in [0.15, 0.2) is 109 Å². The van der Waals surface area contributed by atoms with Crippen molar-refractivity contribution in [2.24, 2.45) is 0 Å². The van der Waals surface area contributed by atoms with Crippen LogP contribution in [-0.2, 0) is 16.8 Å². The maximum atomic E-state index is 14.6. The minimum absolute atomic E-state index is 0.0492. The van der Waals surface area contributed by atoms with Gasteiger partial charge < -0.3 is 24.1 Å². The molecule has 0 aliphatic carbocycles. The molecule has 4 aromatic carbocycles. The highest BCUT2D eigenvalue weighted by atomic mass is 28.3. The van der Waals surface area contributed by atoms with Gasteiger partial charge in [-0.1, -0.05) is 86.4 Å². The van der Waals surface area contributed by atoms with Crippen molar-refractivity contribution >= 4 is 36.4 Å². The van der Waals surface area contributed by atoms with Crippen molar-refractivity contribution in [2.75, 3.05) is 16.9 Å². The molecule has 7 heteroatoms. The molecule has 1 unspecified atom stereocenters. The number of aromatic nitrogens is 1. The third-order valence-corrected chi connectivity index (χ3v) is 11.6. The zero-order chi connectivity index (χ0) is 33.1. The highest BCUT2D eigenvalue weighted by molar-refractivity contribution is 6.75. The zero-order valence-electron chi connectivity index (χ0n) is 28.6. The van der Waals surface area contributed by atoms with Crippen LogP contribution in [-0.4, -0.2) is 43.2 Å². The van der Waals surface area contributed by atoms with E-state index in [0.717, 1.165) is 18.0 Å². The van der Waals surface area contributed by atoms with Gasteiger partial charge in [0.05, 0.1) is 12.5 Å². The molecule has 1 saturated heterocycles. The molecule has 2 aliphatic rings. The summed E-state index contributed by atoms with van der Waals surface area (Å²) in [6.07, 6.45) is 2.93. The van der Waals surface area contributed by atoms with Crippen LogP contribution >= 0.6 is 0 Å². The monoisotopic (exact) mass is 642 g/mol. The molecule has 47 heavy (non-hydrogen) atoms. The van der Waals surface area contributed by atoms with E-state index in [1.165, 1.54) is 33.3 Å². The van der Waals surface area contributed by atoms with E-state index < -0.39 is 19.7 Å². The number of benzene rings is 4. The minimum atomic E-state index is -1.81. The van der Waals surface area contributed by atoms with Gasteiger partial charge in [0.2, 0.25) is 5.91 Å². The standard InChI is InChI=1S/C40H46N4O2Si/c1-39(2,3)41-37(45)36-25-40(33-27-43(47(5,6)7)34-19-13-11-17-31(33)34)32-18-12-14-20-35(32)42(26-28-15-9-8-10-16-28)38(40)44(36)29-21-23-30(46-4)24-22-29/h8-24,27,36,38H,25-26H2,1-7H3,(H,41,45)/t36?,38-,40-/m1/s1. The molecule has 1 N–H and O–H groups in total. The number of ether oxygens (including phenoxy) is 1. The quantitative estimate of drug-likeness (QED) is 0.182. The SMILES string of the molecule is COc1ccc(N2C(C(=O)NC(C)(C)C)C[C@]3(c4cn([Si](C)(C)C)c5ccccc45)c4ccccc4N(Cc4ccccc4)[C@H]23)cc1. The molecule has 1 aromatic heterocycles. The average molecular weight is 643 g/mol. The van der Waals surface area contributed by atoms with Crippen molar-refractivity contribution < 1.29 is 9.53 Å². The van der Waals surface area contributed by atoms with Gasteiger partial charge in [-0.15, -0.1) is 0 Å². The van der Waals surface area contributed by atoms with E-state index in [-0.39, 0.29) is 17.6 Å². The molecule has 1 fully saturated rings. The normalized spacial score (nSPS) is 20.7. The number of nitrogens with one attached hydrogen (secondary N) is 1. The lowest BCUT2D eigenvalue weighted by molar-refractivity contribution is -0.123. The Bertz CT molecular complexity index is 1920. The summed E-state index contributed by atoms with van der Waals surface area (Å²) in [7, 11) is -0.117. The molecule has 0 saturated carbocycles. The summed E-state index contributed by atoms with van der Waals surface area (Å²) in [4.78, 5) is 19.5. The van der Waals surface area contributed by atoms with Crippen molar-refractivity contribution in [3.05, 3.63) is 126 Å². The minimum Gasteiger partial charge on any atom is -0.497 e. The van der Waals surface area contributed by atoms with E-state index in [9.17, 15) is 4.79 Å². The smallest absolute Gasteiger partial charge is 0.243 e. The molecule has 0 spiro atoms. The predicted octanol–water partition coefficient (Wildman–Crippen LogP) is 8.16. The molecule has 0 bridgehead atoms. The lowest BCUT2D eigenvalue weighted by Gasteiger charge is -2.41. The van der Waals surface area contributed by atoms with Crippen LogP contribution in [0.1, 0.15) is 43.9 Å². The van der Waals surface area contributed by atoms with Crippen molar-refractivity contribution in [3.8, 4) is 5.75 Å². The number of carbonyl (C=O) groups is 1. The Morgan fingerprint density at radius 3 is 2.21 bits per heavy atom. The topological polar surface area (TPSA) is 49.7 Å². The van der Waals surface area contributed by atoms with Gasteiger partial charge in [-0.3, -0.25) is 4.79 Å². The van der Waals surface area contributed by atoms with Gasteiger partial charge in [0.25, 0.3) is 0 Å². The van der Waals surface area contributed by atoms with Crippen molar-refractivity contribution in [3.63, 3.8) is 0 Å². The summed E-state index contributed by atoms with van der Waals surface area (Å²) in [6, 6.07) is 36.3. The molecule has 5 aromatic rings. The van der Waals surface area contributed by atoms with Crippen LogP contribution in [0.5, 0.6) is 5.75 Å². The number of carbonyl (C=O) groups excluding carboxylic acids is 1. The van der Waals surface area contributed by atoms with Gasteiger partial charge in [0.1, 0.15) is 18.0 Å². The Balaban J connectivity index is 1.54. The van der Waals surface area contributed by atoms with E-state index in [2.05, 4.69) is 157 Å². The molecule has 0 radical (unpaired) electrons. The Hall–Kier alpha value is -4.49. The molecular weight excluding hydrogens is 597 g/mol. The van der Waals surface area contributed by atoms with Crippen LogP contribution < -0.4 is 19.9 Å². The first-order chi connectivity index (χ1) is 22.4. The zero-order valence-corrected chi connectivity index (χ0v) is 29.6. The van der Waals surface area contributed by atoms with Crippen LogP contribution in [0.3, 0.4) is 0 Å². The number of fused-ring (bicyclic) bond motifs is 4. The number of anilines is 2. The summed E-state index contributed by atoms with van der Waals surface area (Å²) in [5.41, 5.74) is 6.45. The maximum Gasteiger partial charge on any atom is 0.243 e. The fourth-order valence-electron chi connectivity index (χ4n) is 8.00. The first-order valence-electron chi connectivity index (χ1n) is 16.7. The fraction of sp³-hybridized carbons (Fsp3) is 0.325. The van der Waals surface area contributed by atoms with E-state index in [0.29, 0.717) is 6.42 Å². The summed E-state index contributed by atoms with van der Waals surface area (Å²) in [5.74, 6) is 0.845. The number of methoxy groups -OCH3 is 1. The van der Waals surface area contributed by atoms with E-state index >= 15 is 0 Å². The third kappa shape index (κ3) is 5.21. The average Bonchev–Trinajstić information content (AvgIpc) is 3.69. The second-order valence-electron chi connectivity index (χ2n) is 15.1. The number of para-hydroxylation sites is 2. The molecule has 3 atom stereocenters. The van der Waals surface area contributed by atoms with E-state index in [4.69, 9.17) is 4.74 Å². The molecule has 7 rings (SSSR count). The molecular formula is C40H46N4O2Si. The van der Waals surface area contributed by atoms with E-state index in [1.54, 1.807) is 7.11 Å². The molecule has 1 amide bonds. The Morgan fingerprint density at radius 2 is 1.53 bits per heavy atom. The molecule has 6 nitrogen and oxygen atoms in total. The number of hydrogen-bond donors (Lipinski definition) is 1. The number of nitrogens with zero attached hydrogens (tertiary/aromatic N) is 3. The summed E-state index contributed by atoms with van der Waals surface area (Å²) < 4.78 is 8.14. The second kappa shape index (κ2) is 11.3. The van der Waals surface area contributed by atoms with Crippen molar-refractivity contribution in [1.82, 2.24) is 9.55 Å². The van der Waals surface area contributed by atoms with Gasteiger partial charge in [-0.05, 0) is 80.3 Å². The Morgan fingerprint density at radius 1 is 0.872 bits per heavy atom. The van der Waals surface area contributed by atoms with Crippen LogP contribution in [0.25, 0.3) is 10.9 Å². The molecule has 3 heterocycles. The summed E-state index contributed by atoms with van der Waals surface area (Å²) in [5, 5.41) is 4.64. The summed E-state index contributed by atoms with van der Waals surface area (Å²) in [6.45, 7) is 14.1. The predicted molar refractivity (Wildman–Crippen MR) is 196 cm³/mol. The van der Waals surface area contributed by atoms with Gasteiger partial charge in [-0.25, -0.2) is 0 Å². The number of hydrogen-bond acceptors (Lipinski definition) is 4. The third-order valence-electron chi connectivity index (χ3n) is 9.83. The van der Waals surface area contributed by atoms with Gasteiger partial charge >= 0.3 is 0 Å². The lowest BCUT2D eigenvalue weighted by atomic mass is 9.72. The first-order valence-corrected chi connectivity index (χ1v) is 20.1. The van der Waals surface area contributed by atoms with E-state index in [1.807, 2.05) is 12.1 Å². The second-order valence-corrected chi connectivity index (χ2v) is 20.0. The van der Waals surface area contributed by atoms with Gasteiger partial charge in [0.15, 0.2) is 8.24 Å². The number of amides is 1. The van der Waals surface area contributed by atoms with Crippen LogP contribution in [0.2, 0.25) is 19.6 Å². The van der Waals surface area contributed by atoms with Crippen LogP contribution in [0.4, 0.5) is 11.4 Å². The highest BCUT2D eigenvalue weighted by Gasteiger charge is 2.63. The van der Waals surface area contributed by atoms with Gasteiger partial charge in [-0.2, -0.15) is 0 Å². The largest absolute Gasteiger partial charge is 0.497 e. The highest BCUT2D eigenvalue weighted by Crippen LogP contribution is 2.60. The Labute approximate surface area is 280 Å². The maximum absolute atomic E-state index is 14.6. The molecule has 242 valence electrons. The van der Waals surface area contributed by atoms with Crippen molar-refractivity contribution in [1.29, 1.82) is 0 Å². The lowest BCUT2D eigenvalue weighted by Crippen LogP contribution is -2.55. The molecule has 2 aliphatic heterocycles. The van der Waals surface area contributed by atoms with Crippen molar-refractivity contribution in [2.45, 2.75) is 76.5 Å². The van der Waals surface area contributed by atoms with Crippen LogP contribution in [0, 0.1) is 0 Å². The fourth-order valence-corrected chi connectivity index (χ4v) is 9.43.